The van der Waals surface area contributed by atoms with Crippen LogP contribution in [-0.4, -0.2) is 41.8 Å². The molecule has 0 aliphatic carbocycles. The molecule has 0 unspecified atom stereocenters. The quantitative estimate of drug-likeness (QED) is 0.170. The number of carbonyl (C=O) groups excluding carboxylic acids is 7. The standard InChI is InChI=1S/C32H26O17/c1-13(33)40-20-8-21(41-14(2)34)10-22(9-20)47-28-24(43-16(4)36)11-25(44-17(5)37)29-32(28)49-30-26(48-29)12-23(42-15(3)35)27(45-18(6)38)31(30)46-19(7)39/h8-12H,1-7H3. The maximum Gasteiger partial charge on any atom is 0.308 e. The fourth-order valence-corrected chi connectivity index (χ4v) is 4.17. The van der Waals surface area contributed by atoms with Crippen LogP contribution < -0.4 is 47.4 Å². The van der Waals surface area contributed by atoms with Crippen LogP contribution in [0.4, 0.5) is 0 Å². The molecule has 1 aliphatic heterocycles. The van der Waals surface area contributed by atoms with Gasteiger partial charge in [0.2, 0.25) is 34.5 Å². The lowest BCUT2D eigenvalue weighted by Gasteiger charge is -2.27. The van der Waals surface area contributed by atoms with E-state index < -0.39 is 82.0 Å². The van der Waals surface area contributed by atoms with Gasteiger partial charge in [0, 0.05) is 78.8 Å². The first-order valence-electron chi connectivity index (χ1n) is 13.9. The zero-order valence-electron chi connectivity index (χ0n) is 26.8. The van der Waals surface area contributed by atoms with Gasteiger partial charge in [-0.3, -0.25) is 33.6 Å². The number of hydrogen-bond acceptors (Lipinski definition) is 17. The Kier molecular flexibility index (Phi) is 10.4. The number of rotatable bonds is 9. The molecule has 0 spiro atoms. The summed E-state index contributed by atoms with van der Waals surface area (Å²) >= 11 is 0. The predicted octanol–water partition coefficient (Wildman–Crippen LogP) is 4.85. The summed E-state index contributed by atoms with van der Waals surface area (Å²) in [7, 11) is 0. The van der Waals surface area contributed by atoms with Gasteiger partial charge in [0.05, 0.1) is 0 Å². The fraction of sp³-hybridized carbons (Fsp3) is 0.219. The Bertz CT molecular complexity index is 1890. The van der Waals surface area contributed by atoms with Gasteiger partial charge < -0.3 is 47.4 Å². The Labute approximate surface area is 276 Å². The van der Waals surface area contributed by atoms with Gasteiger partial charge in [-0.15, -0.1) is 0 Å². The van der Waals surface area contributed by atoms with E-state index in [0.29, 0.717) is 0 Å². The molecule has 0 radical (unpaired) electrons. The summed E-state index contributed by atoms with van der Waals surface area (Å²) in [5, 5.41) is 0. The maximum atomic E-state index is 12.2. The van der Waals surface area contributed by atoms with Crippen molar-refractivity contribution in [2.45, 2.75) is 48.5 Å². The molecule has 49 heavy (non-hydrogen) atoms. The molecule has 17 nitrogen and oxygen atoms in total. The van der Waals surface area contributed by atoms with Crippen LogP contribution in [0, 0.1) is 0 Å². The second-order valence-corrected chi connectivity index (χ2v) is 9.82. The Morgan fingerprint density at radius 1 is 0.388 bits per heavy atom. The SMILES string of the molecule is CC(=O)Oc1cc(OC(C)=O)cc(Oc2c(OC(C)=O)cc(OC(C)=O)c3c2Oc2c(cc(OC(C)=O)c(OC(C)=O)c2OC(C)=O)O3)c1. The molecule has 0 saturated heterocycles. The average molecular weight is 683 g/mol. The van der Waals surface area contributed by atoms with Crippen LogP contribution in [0.15, 0.2) is 30.3 Å². The zero-order valence-corrected chi connectivity index (χ0v) is 26.8. The van der Waals surface area contributed by atoms with E-state index in [2.05, 4.69) is 0 Å². The number of carbonyl (C=O) groups is 7. The Hall–Kier alpha value is -6.65. The molecule has 0 atom stereocenters. The van der Waals surface area contributed by atoms with Crippen LogP contribution in [-0.2, 0) is 33.6 Å². The highest BCUT2D eigenvalue weighted by molar-refractivity contribution is 5.84. The largest absolute Gasteiger partial charge is 0.449 e. The second kappa shape index (κ2) is 14.4. The van der Waals surface area contributed by atoms with Gasteiger partial charge in [-0.2, -0.15) is 0 Å². The van der Waals surface area contributed by atoms with Crippen LogP contribution in [0.5, 0.6) is 74.7 Å². The Morgan fingerprint density at radius 2 is 0.816 bits per heavy atom. The van der Waals surface area contributed by atoms with Gasteiger partial charge in [-0.1, -0.05) is 0 Å². The summed E-state index contributed by atoms with van der Waals surface area (Å²) in [6, 6.07) is 5.77. The second-order valence-electron chi connectivity index (χ2n) is 9.82. The summed E-state index contributed by atoms with van der Waals surface area (Å²) in [5.41, 5.74) is 0. The fourth-order valence-electron chi connectivity index (χ4n) is 4.17. The summed E-state index contributed by atoms with van der Waals surface area (Å²) in [6.45, 7) is 7.48. The van der Waals surface area contributed by atoms with E-state index in [-0.39, 0.29) is 34.5 Å². The van der Waals surface area contributed by atoms with Crippen LogP contribution >= 0.6 is 0 Å². The lowest BCUT2D eigenvalue weighted by atomic mass is 10.2. The van der Waals surface area contributed by atoms with Gasteiger partial charge in [-0.25, -0.2) is 0 Å². The molecule has 0 fully saturated rings. The minimum atomic E-state index is -0.934. The lowest BCUT2D eigenvalue weighted by molar-refractivity contribution is -0.135. The van der Waals surface area contributed by atoms with Crippen LogP contribution in [0.3, 0.4) is 0 Å². The summed E-state index contributed by atoms with van der Waals surface area (Å²) in [5.74, 6) is -10.6. The molecule has 3 aromatic rings. The first-order chi connectivity index (χ1) is 23.0. The monoisotopic (exact) mass is 682 g/mol. The molecule has 256 valence electrons. The van der Waals surface area contributed by atoms with E-state index in [1.54, 1.807) is 0 Å². The number of benzene rings is 3. The first-order valence-corrected chi connectivity index (χ1v) is 13.9. The van der Waals surface area contributed by atoms with Crippen molar-refractivity contribution >= 4 is 41.8 Å². The number of ether oxygens (including phenoxy) is 10. The van der Waals surface area contributed by atoms with Gasteiger partial charge in [0.25, 0.3) is 0 Å². The minimum Gasteiger partial charge on any atom is -0.449 e. The molecule has 0 saturated carbocycles. The van der Waals surface area contributed by atoms with E-state index in [4.69, 9.17) is 47.4 Å². The molecule has 0 amide bonds. The molecule has 4 rings (SSSR count). The van der Waals surface area contributed by atoms with Gasteiger partial charge in [0.15, 0.2) is 23.0 Å². The third-order valence-corrected chi connectivity index (χ3v) is 5.51. The molecule has 1 aliphatic rings. The Balaban J connectivity index is 2.03. The van der Waals surface area contributed by atoms with Crippen molar-refractivity contribution in [1.29, 1.82) is 0 Å². The molecular formula is C32H26O17. The smallest absolute Gasteiger partial charge is 0.308 e. The highest BCUT2D eigenvalue weighted by Crippen LogP contribution is 2.63. The van der Waals surface area contributed by atoms with Crippen LogP contribution in [0.2, 0.25) is 0 Å². The third-order valence-electron chi connectivity index (χ3n) is 5.51. The molecule has 0 N–H and O–H groups in total. The van der Waals surface area contributed by atoms with Crippen LogP contribution in [0.1, 0.15) is 48.5 Å². The topological polar surface area (TPSA) is 212 Å². The van der Waals surface area contributed by atoms with Crippen molar-refractivity contribution in [3.63, 3.8) is 0 Å². The number of esters is 7. The molecule has 0 bridgehead atoms. The van der Waals surface area contributed by atoms with E-state index in [1.807, 2.05) is 0 Å². The third kappa shape index (κ3) is 8.79. The van der Waals surface area contributed by atoms with Crippen LogP contribution in [0.25, 0.3) is 0 Å². The first kappa shape index (κ1) is 35.2. The summed E-state index contributed by atoms with van der Waals surface area (Å²) in [6.07, 6.45) is 0. The van der Waals surface area contributed by atoms with Crippen molar-refractivity contribution in [1.82, 2.24) is 0 Å². The molecule has 1 heterocycles. The van der Waals surface area contributed by atoms with E-state index in [9.17, 15) is 33.6 Å². The highest BCUT2D eigenvalue weighted by atomic mass is 16.6. The average Bonchev–Trinajstić information content (AvgIpc) is 2.94. The Morgan fingerprint density at radius 3 is 1.31 bits per heavy atom. The van der Waals surface area contributed by atoms with Crippen molar-refractivity contribution in [3.8, 4) is 74.7 Å². The molecule has 0 aromatic heterocycles. The number of hydrogen-bond donors (Lipinski definition) is 0. The normalized spacial score (nSPS) is 10.8. The maximum absolute atomic E-state index is 12.2. The molecule has 17 heteroatoms. The highest BCUT2D eigenvalue weighted by Gasteiger charge is 2.37. The van der Waals surface area contributed by atoms with Gasteiger partial charge >= 0.3 is 41.8 Å². The number of fused-ring (bicyclic) bond motifs is 2. The zero-order chi connectivity index (χ0) is 36.2. The molecular weight excluding hydrogens is 656 g/mol. The van der Waals surface area contributed by atoms with E-state index in [1.165, 1.54) is 18.2 Å². The van der Waals surface area contributed by atoms with Crippen molar-refractivity contribution in [3.05, 3.63) is 30.3 Å². The minimum absolute atomic E-state index is 0.121. The van der Waals surface area contributed by atoms with Gasteiger partial charge in [0.1, 0.15) is 17.2 Å². The van der Waals surface area contributed by atoms with Crippen molar-refractivity contribution < 1.29 is 80.9 Å². The van der Waals surface area contributed by atoms with Crippen molar-refractivity contribution in [2.24, 2.45) is 0 Å². The van der Waals surface area contributed by atoms with E-state index in [0.717, 1.165) is 60.6 Å². The van der Waals surface area contributed by atoms with Crippen molar-refractivity contribution in [2.75, 3.05) is 0 Å². The van der Waals surface area contributed by atoms with Gasteiger partial charge in [-0.05, 0) is 0 Å². The predicted molar refractivity (Wildman–Crippen MR) is 159 cm³/mol. The molecule has 3 aromatic carbocycles. The summed E-state index contributed by atoms with van der Waals surface area (Å²) < 4.78 is 54.8. The lowest BCUT2D eigenvalue weighted by Crippen LogP contribution is -2.14. The summed E-state index contributed by atoms with van der Waals surface area (Å²) in [4.78, 5) is 83.9. The van der Waals surface area contributed by atoms with E-state index >= 15 is 0 Å².